The molecular weight excluding hydrogens is 298 g/mol. The van der Waals surface area contributed by atoms with Crippen molar-refractivity contribution in [1.29, 1.82) is 0 Å². The lowest BCUT2D eigenvalue weighted by atomic mass is 9.94. The van der Waals surface area contributed by atoms with Gasteiger partial charge in [0.2, 0.25) is 0 Å². The molecule has 2 atom stereocenters. The molecule has 0 aliphatic carbocycles. The normalized spacial score (nSPS) is 23.2. The van der Waals surface area contributed by atoms with Crippen molar-refractivity contribution in [1.82, 2.24) is 4.90 Å². The first-order valence-corrected chi connectivity index (χ1v) is 7.63. The third-order valence-corrected chi connectivity index (χ3v) is 3.59. The number of cyclic esters (lactones) is 2. The van der Waals surface area contributed by atoms with Crippen molar-refractivity contribution in [3.8, 4) is 0 Å². The predicted octanol–water partition coefficient (Wildman–Crippen LogP) is 2.18. The van der Waals surface area contributed by atoms with Crippen LogP contribution in [0.2, 0.25) is 0 Å². The van der Waals surface area contributed by atoms with E-state index in [4.69, 9.17) is 0 Å². The summed E-state index contributed by atoms with van der Waals surface area (Å²) in [5.74, 6) is -2.97. The van der Waals surface area contributed by atoms with Gasteiger partial charge in [-0.1, -0.05) is 39.3 Å². The van der Waals surface area contributed by atoms with Gasteiger partial charge in [0.15, 0.2) is 0 Å². The van der Waals surface area contributed by atoms with Gasteiger partial charge in [0.25, 0.3) is 11.8 Å². The zero-order valence-electron chi connectivity index (χ0n) is 13.4. The zero-order chi connectivity index (χ0) is 17.1. The smallest absolute Gasteiger partial charge is 0.337 e. The average molecular weight is 317 g/mol. The molecule has 2 amide bonds. The molecule has 0 saturated carbocycles. The highest BCUT2D eigenvalue weighted by atomic mass is 16.6. The molecule has 1 fully saturated rings. The van der Waals surface area contributed by atoms with Crippen LogP contribution >= 0.6 is 0 Å². The Morgan fingerprint density at radius 2 is 1.52 bits per heavy atom. The van der Waals surface area contributed by atoms with Crippen LogP contribution in [0.5, 0.6) is 0 Å². The molecule has 1 saturated heterocycles. The van der Waals surface area contributed by atoms with Crippen LogP contribution in [0.15, 0.2) is 24.3 Å². The quantitative estimate of drug-likeness (QED) is 0.450. The second kappa shape index (κ2) is 6.73. The predicted molar refractivity (Wildman–Crippen MR) is 81.6 cm³/mol. The van der Waals surface area contributed by atoms with Gasteiger partial charge in [-0.15, -0.1) is 0 Å². The van der Waals surface area contributed by atoms with Gasteiger partial charge in [0.05, 0.1) is 17.5 Å². The summed E-state index contributed by atoms with van der Waals surface area (Å²) in [7, 11) is 0. The van der Waals surface area contributed by atoms with Crippen LogP contribution in [-0.4, -0.2) is 34.7 Å². The summed E-state index contributed by atoms with van der Waals surface area (Å²) >= 11 is 0. The highest BCUT2D eigenvalue weighted by Crippen LogP contribution is 2.30. The molecule has 6 heteroatoms. The standard InChI is InChI=1S/C14H11NO5.C3H8/c1-7-6-10(16)20-14(19)11(7)15-12(17)8-4-2-3-5-9(8)13(15)18;1-3-2/h2-5,7,11H,6H2,1H3;3H2,1-2H3. The van der Waals surface area contributed by atoms with Crippen molar-refractivity contribution in [3.05, 3.63) is 35.4 Å². The lowest BCUT2D eigenvalue weighted by Crippen LogP contribution is -2.52. The van der Waals surface area contributed by atoms with Gasteiger partial charge in [-0.25, -0.2) is 4.79 Å². The van der Waals surface area contributed by atoms with Crippen LogP contribution in [0.4, 0.5) is 0 Å². The Morgan fingerprint density at radius 1 is 1.04 bits per heavy atom. The number of ether oxygens (including phenoxy) is 1. The number of esters is 2. The Labute approximate surface area is 134 Å². The highest BCUT2D eigenvalue weighted by Gasteiger charge is 2.48. The molecule has 0 spiro atoms. The van der Waals surface area contributed by atoms with Crippen molar-refractivity contribution in [3.63, 3.8) is 0 Å². The second-order valence-corrected chi connectivity index (χ2v) is 5.65. The van der Waals surface area contributed by atoms with Gasteiger partial charge < -0.3 is 4.74 Å². The SMILES string of the molecule is CC1CC(=O)OC(=O)C1N1C(=O)c2ccccc2C1=O.CCC. The number of carbonyl (C=O) groups is 4. The van der Waals surface area contributed by atoms with Gasteiger partial charge in [-0.2, -0.15) is 0 Å². The maximum absolute atomic E-state index is 12.3. The second-order valence-electron chi connectivity index (χ2n) is 5.65. The number of nitrogens with zero attached hydrogens (tertiary/aromatic N) is 1. The molecule has 6 nitrogen and oxygen atoms in total. The van der Waals surface area contributed by atoms with Gasteiger partial charge in [-0.3, -0.25) is 19.3 Å². The molecule has 0 aromatic heterocycles. The van der Waals surface area contributed by atoms with Crippen LogP contribution in [0.1, 0.15) is 54.3 Å². The van der Waals surface area contributed by atoms with Crippen LogP contribution in [0.25, 0.3) is 0 Å². The number of imide groups is 1. The van der Waals surface area contributed by atoms with E-state index in [-0.39, 0.29) is 17.5 Å². The molecule has 23 heavy (non-hydrogen) atoms. The van der Waals surface area contributed by atoms with E-state index in [1.54, 1.807) is 31.2 Å². The van der Waals surface area contributed by atoms with E-state index in [0.29, 0.717) is 0 Å². The molecule has 0 radical (unpaired) electrons. The number of hydrogen-bond acceptors (Lipinski definition) is 5. The van der Waals surface area contributed by atoms with Crippen LogP contribution in [0.3, 0.4) is 0 Å². The molecule has 2 aliphatic rings. The van der Waals surface area contributed by atoms with E-state index in [1.165, 1.54) is 6.42 Å². The maximum atomic E-state index is 12.3. The average Bonchev–Trinajstić information content (AvgIpc) is 2.73. The number of carbonyl (C=O) groups excluding carboxylic acids is 4. The van der Waals surface area contributed by atoms with Crippen LogP contribution in [0, 0.1) is 5.92 Å². The fourth-order valence-corrected chi connectivity index (χ4v) is 2.64. The van der Waals surface area contributed by atoms with Crippen molar-refractivity contribution < 1.29 is 23.9 Å². The summed E-state index contributed by atoms with van der Waals surface area (Å²) < 4.78 is 4.55. The first-order valence-electron chi connectivity index (χ1n) is 7.63. The number of rotatable bonds is 1. The number of hydrogen-bond donors (Lipinski definition) is 0. The molecular formula is C17H19NO5. The van der Waals surface area contributed by atoms with Gasteiger partial charge in [0.1, 0.15) is 6.04 Å². The van der Waals surface area contributed by atoms with Gasteiger partial charge in [0, 0.05) is 0 Å². The van der Waals surface area contributed by atoms with Crippen molar-refractivity contribution >= 4 is 23.8 Å². The zero-order valence-corrected chi connectivity index (χ0v) is 13.4. The fraction of sp³-hybridized carbons (Fsp3) is 0.412. The van der Waals surface area contributed by atoms with E-state index in [1.807, 2.05) is 0 Å². The molecule has 0 N–H and O–H groups in total. The third-order valence-electron chi connectivity index (χ3n) is 3.59. The molecule has 1 aromatic rings. The number of fused-ring (bicyclic) bond motifs is 1. The summed E-state index contributed by atoms with van der Waals surface area (Å²) in [6.07, 6.45) is 1.25. The Morgan fingerprint density at radius 3 is 1.96 bits per heavy atom. The molecule has 1 aromatic carbocycles. The Bertz CT molecular complexity index is 632. The van der Waals surface area contributed by atoms with Crippen molar-refractivity contribution in [2.75, 3.05) is 0 Å². The van der Waals surface area contributed by atoms with E-state index < -0.39 is 35.7 Å². The number of amides is 2. The first-order chi connectivity index (χ1) is 10.9. The summed E-state index contributed by atoms with van der Waals surface area (Å²) in [6.45, 7) is 5.90. The Hall–Kier alpha value is -2.50. The van der Waals surface area contributed by atoms with Crippen molar-refractivity contribution in [2.24, 2.45) is 5.92 Å². The Balaban J connectivity index is 0.000000595. The molecule has 2 heterocycles. The third kappa shape index (κ3) is 3.02. The topological polar surface area (TPSA) is 80.8 Å². The highest BCUT2D eigenvalue weighted by molar-refractivity contribution is 6.23. The Kier molecular flexibility index (Phi) is 4.93. The maximum Gasteiger partial charge on any atom is 0.337 e. The molecule has 2 aliphatic heterocycles. The lowest BCUT2D eigenvalue weighted by Gasteiger charge is -2.31. The minimum absolute atomic E-state index is 0.00378. The summed E-state index contributed by atoms with van der Waals surface area (Å²) in [5.41, 5.74) is 0.545. The summed E-state index contributed by atoms with van der Waals surface area (Å²) in [4.78, 5) is 48.5. The van der Waals surface area contributed by atoms with Crippen LogP contribution in [-0.2, 0) is 14.3 Å². The van der Waals surface area contributed by atoms with Gasteiger partial charge >= 0.3 is 11.9 Å². The van der Waals surface area contributed by atoms with E-state index in [0.717, 1.165) is 4.90 Å². The minimum atomic E-state index is -1.04. The van der Waals surface area contributed by atoms with E-state index >= 15 is 0 Å². The lowest BCUT2D eigenvalue weighted by molar-refractivity contribution is -0.169. The minimum Gasteiger partial charge on any atom is -0.392 e. The molecule has 0 bridgehead atoms. The summed E-state index contributed by atoms with van der Waals surface area (Å²) in [6, 6.07) is 5.35. The van der Waals surface area contributed by atoms with Gasteiger partial charge in [-0.05, 0) is 18.1 Å². The molecule has 3 rings (SSSR count). The van der Waals surface area contributed by atoms with Crippen LogP contribution < -0.4 is 0 Å². The summed E-state index contributed by atoms with van der Waals surface area (Å²) in [5, 5.41) is 0. The monoisotopic (exact) mass is 317 g/mol. The van der Waals surface area contributed by atoms with Crippen molar-refractivity contribution in [2.45, 2.75) is 39.7 Å². The number of benzene rings is 1. The van der Waals surface area contributed by atoms with E-state index in [2.05, 4.69) is 18.6 Å². The molecule has 2 unspecified atom stereocenters. The molecule has 122 valence electrons. The fourth-order valence-electron chi connectivity index (χ4n) is 2.64. The largest absolute Gasteiger partial charge is 0.392 e. The first kappa shape index (κ1) is 16.9. The van der Waals surface area contributed by atoms with E-state index in [9.17, 15) is 19.2 Å².